The van der Waals surface area contributed by atoms with Crippen LogP contribution in [-0.4, -0.2) is 33.3 Å². The molecule has 0 aliphatic heterocycles. The summed E-state index contributed by atoms with van der Waals surface area (Å²) in [7, 11) is 0. The Morgan fingerprint density at radius 2 is 1.38 bits per heavy atom. The summed E-state index contributed by atoms with van der Waals surface area (Å²) in [6.07, 6.45) is -12.3. The van der Waals surface area contributed by atoms with Crippen molar-refractivity contribution in [2.75, 3.05) is 10.6 Å². The van der Waals surface area contributed by atoms with Gasteiger partial charge in [-0.1, -0.05) is 36.4 Å². The first kappa shape index (κ1) is 23.1. The van der Waals surface area contributed by atoms with Gasteiger partial charge < -0.3 is 10.4 Å². The summed E-state index contributed by atoms with van der Waals surface area (Å²) in [6.45, 7) is 0.873. The number of rotatable bonds is 4. The lowest BCUT2D eigenvalue weighted by atomic mass is 9.91. The van der Waals surface area contributed by atoms with Crippen molar-refractivity contribution in [3.63, 3.8) is 0 Å². The van der Waals surface area contributed by atoms with E-state index in [1.807, 2.05) is 5.32 Å². The molecule has 6 nitrogen and oxygen atoms in total. The average Bonchev–Trinajstić information content (AvgIpc) is 3.03. The second-order valence-electron chi connectivity index (χ2n) is 6.71. The lowest BCUT2D eigenvalue weighted by Crippen LogP contribution is -2.54. The monoisotopic (exact) mass is 458 g/mol. The number of aromatic nitrogens is 2. The molecular formula is C20H16F6N4O2. The van der Waals surface area contributed by atoms with Crippen LogP contribution in [0.1, 0.15) is 11.3 Å². The number of urea groups is 1. The quantitative estimate of drug-likeness (QED) is 0.474. The molecular weight excluding hydrogens is 442 g/mol. The summed E-state index contributed by atoms with van der Waals surface area (Å²) in [4.78, 5) is 12.4. The predicted octanol–water partition coefficient (Wildman–Crippen LogP) is 5.14. The van der Waals surface area contributed by atoms with E-state index in [1.165, 1.54) is 36.4 Å². The van der Waals surface area contributed by atoms with E-state index in [1.54, 1.807) is 24.3 Å². The number of carbonyl (C=O) groups is 1. The van der Waals surface area contributed by atoms with Gasteiger partial charge in [0.15, 0.2) is 0 Å². The average molecular weight is 458 g/mol. The van der Waals surface area contributed by atoms with Gasteiger partial charge in [0.05, 0.1) is 16.9 Å². The molecule has 32 heavy (non-hydrogen) atoms. The first-order valence-electron chi connectivity index (χ1n) is 9.00. The van der Waals surface area contributed by atoms with Crippen LogP contribution in [-0.2, 0) is 5.60 Å². The summed E-state index contributed by atoms with van der Waals surface area (Å²) in [5.41, 5.74) is -7.41. The highest BCUT2D eigenvalue weighted by molar-refractivity contribution is 6.00. The molecule has 3 rings (SSSR count). The van der Waals surface area contributed by atoms with Crippen molar-refractivity contribution in [2.45, 2.75) is 24.9 Å². The topological polar surface area (TPSA) is 79.2 Å². The predicted molar refractivity (Wildman–Crippen MR) is 103 cm³/mol. The third-order valence-corrected chi connectivity index (χ3v) is 4.51. The lowest BCUT2D eigenvalue weighted by Gasteiger charge is -2.33. The Bertz CT molecular complexity index is 1080. The van der Waals surface area contributed by atoms with E-state index in [9.17, 15) is 36.2 Å². The second-order valence-corrected chi connectivity index (χ2v) is 6.71. The zero-order valence-electron chi connectivity index (χ0n) is 16.3. The number of alkyl halides is 6. The number of para-hydroxylation sites is 2. The van der Waals surface area contributed by atoms with Crippen molar-refractivity contribution in [3.8, 4) is 5.69 Å². The molecule has 3 N–H and O–H groups in total. The Morgan fingerprint density at radius 3 is 1.88 bits per heavy atom. The van der Waals surface area contributed by atoms with Crippen LogP contribution in [0.3, 0.4) is 0 Å². The fourth-order valence-corrected chi connectivity index (χ4v) is 3.07. The van der Waals surface area contributed by atoms with Gasteiger partial charge in [0.2, 0.25) is 0 Å². The van der Waals surface area contributed by atoms with E-state index in [0.717, 1.165) is 6.92 Å². The summed E-state index contributed by atoms with van der Waals surface area (Å²) in [6, 6.07) is 13.8. The van der Waals surface area contributed by atoms with Crippen LogP contribution in [0.4, 0.5) is 42.6 Å². The van der Waals surface area contributed by atoms with Gasteiger partial charge in [-0.2, -0.15) is 31.4 Å². The number of benzene rings is 2. The minimum Gasteiger partial charge on any atom is -0.369 e. The molecule has 0 saturated heterocycles. The van der Waals surface area contributed by atoms with Gasteiger partial charge in [0.1, 0.15) is 5.82 Å². The minimum atomic E-state index is -6.16. The first-order valence-corrected chi connectivity index (χ1v) is 9.00. The molecule has 12 heteroatoms. The van der Waals surface area contributed by atoms with Gasteiger partial charge in [0, 0.05) is 5.69 Å². The fourth-order valence-electron chi connectivity index (χ4n) is 3.07. The molecule has 0 radical (unpaired) electrons. The summed E-state index contributed by atoms with van der Waals surface area (Å²) in [5, 5.41) is 18.0. The molecule has 0 bridgehead atoms. The van der Waals surface area contributed by atoms with Crippen LogP contribution >= 0.6 is 0 Å². The summed E-state index contributed by atoms with van der Waals surface area (Å²) in [5.74, 6) is -0.987. The number of halogens is 6. The molecule has 3 aromatic rings. The van der Waals surface area contributed by atoms with Gasteiger partial charge >= 0.3 is 18.4 Å². The summed E-state index contributed by atoms with van der Waals surface area (Å²) >= 11 is 0. The van der Waals surface area contributed by atoms with E-state index in [2.05, 4.69) is 10.4 Å². The van der Waals surface area contributed by atoms with Crippen molar-refractivity contribution in [3.05, 3.63) is 71.9 Å². The van der Waals surface area contributed by atoms with E-state index < -0.39 is 41.1 Å². The maximum absolute atomic E-state index is 13.6. The number of carbonyl (C=O) groups excluding carboxylic acids is 1. The van der Waals surface area contributed by atoms with Crippen molar-refractivity contribution in [2.24, 2.45) is 0 Å². The first-order chi connectivity index (χ1) is 14.9. The number of anilines is 2. The highest BCUT2D eigenvalue weighted by Crippen LogP contribution is 2.53. The Labute approximate surface area is 177 Å². The van der Waals surface area contributed by atoms with E-state index in [0.29, 0.717) is 4.68 Å². The van der Waals surface area contributed by atoms with Gasteiger partial charge in [-0.25, -0.2) is 9.48 Å². The molecule has 0 unspecified atom stereocenters. The van der Waals surface area contributed by atoms with Gasteiger partial charge in [-0.05, 0) is 31.2 Å². The molecule has 0 saturated carbocycles. The van der Waals surface area contributed by atoms with Crippen LogP contribution in [0.5, 0.6) is 0 Å². The molecule has 1 aromatic heterocycles. The molecule has 2 amide bonds. The van der Waals surface area contributed by atoms with Crippen molar-refractivity contribution < 1.29 is 36.2 Å². The standard InChI is InChI=1S/C20H16F6N4O2/c1-12-15(18(32,19(21,22)23)20(24,25)26)16(30(29-12)14-10-6-3-7-11-14)28-17(31)27-13-8-4-2-5-9-13/h2-11,32H,1H3,(H2,27,28,31). The molecule has 0 aliphatic rings. The van der Waals surface area contributed by atoms with Crippen molar-refractivity contribution >= 4 is 17.5 Å². The normalized spacial score (nSPS) is 12.5. The smallest absolute Gasteiger partial charge is 0.369 e. The number of nitrogens with zero attached hydrogens (tertiary/aromatic N) is 2. The van der Waals surface area contributed by atoms with Gasteiger partial charge in [-0.3, -0.25) is 5.32 Å². The van der Waals surface area contributed by atoms with Gasteiger partial charge in [0.25, 0.3) is 5.60 Å². The van der Waals surface area contributed by atoms with E-state index in [-0.39, 0.29) is 11.4 Å². The zero-order valence-corrected chi connectivity index (χ0v) is 16.3. The van der Waals surface area contributed by atoms with Crippen LogP contribution in [0.2, 0.25) is 0 Å². The number of aryl methyl sites for hydroxylation is 1. The van der Waals surface area contributed by atoms with Crippen molar-refractivity contribution in [1.82, 2.24) is 9.78 Å². The number of hydrogen-bond acceptors (Lipinski definition) is 3. The number of aliphatic hydroxyl groups is 1. The molecule has 1 heterocycles. The van der Waals surface area contributed by atoms with Crippen LogP contribution < -0.4 is 10.6 Å². The third kappa shape index (κ3) is 4.13. The molecule has 0 spiro atoms. The van der Waals surface area contributed by atoms with Crippen LogP contribution in [0.15, 0.2) is 60.7 Å². The molecule has 0 aliphatic carbocycles. The van der Waals surface area contributed by atoms with Crippen LogP contribution in [0, 0.1) is 6.92 Å². The Balaban J connectivity index is 2.19. The second kappa shape index (κ2) is 8.19. The van der Waals surface area contributed by atoms with E-state index >= 15 is 0 Å². The molecule has 0 fully saturated rings. The number of amides is 2. The zero-order chi connectivity index (χ0) is 23.7. The minimum absolute atomic E-state index is 0.0589. The van der Waals surface area contributed by atoms with Crippen LogP contribution in [0.25, 0.3) is 5.69 Å². The third-order valence-electron chi connectivity index (χ3n) is 4.51. The molecule has 2 aromatic carbocycles. The highest BCUT2D eigenvalue weighted by atomic mass is 19.4. The fraction of sp³-hybridized carbons (Fsp3) is 0.200. The van der Waals surface area contributed by atoms with E-state index in [4.69, 9.17) is 0 Å². The SMILES string of the molecule is Cc1nn(-c2ccccc2)c(NC(=O)Nc2ccccc2)c1C(O)(C(F)(F)F)C(F)(F)F. The summed E-state index contributed by atoms with van der Waals surface area (Å²) < 4.78 is 82.3. The number of hydrogen-bond donors (Lipinski definition) is 3. The Hall–Kier alpha value is -3.54. The largest absolute Gasteiger partial charge is 0.430 e. The van der Waals surface area contributed by atoms with Crippen molar-refractivity contribution in [1.29, 1.82) is 0 Å². The Morgan fingerprint density at radius 1 is 0.875 bits per heavy atom. The molecule has 0 atom stereocenters. The molecule has 170 valence electrons. The lowest BCUT2D eigenvalue weighted by molar-refractivity contribution is -0.376. The Kier molecular flexibility index (Phi) is 5.92. The maximum atomic E-state index is 13.6. The number of nitrogens with one attached hydrogen (secondary N) is 2. The van der Waals surface area contributed by atoms with Gasteiger partial charge in [-0.15, -0.1) is 0 Å². The maximum Gasteiger partial charge on any atom is 0.430 e. The highest BCUT2D eigenvalue weighted by Gasteiger charge is 2.73.